The Morgan fingerprint density at radius 1 is 1.30 bits per heavy atom. The lowest BCUT2D eigenvalue weighted by atomic mass is 10.3. The Kier molecular flexibility index (Phi) is 7.57. The third-order valence-electron chi connectivity index (χ3n) is 2.59. The summed E-state index contributed by atoms with van der Waals surface area (Å²) in [6.07, 6.45) is 1.48. The van der Waals surface area contributed by atoms with Gasteiger partial charge in [0.05, 0.1) is 11.4 Å². The number of benzene rings is 1. The van der Waals surface area contributed by atoms with E-state index in [1.54, 1.807) is 18.2 Å². The number of hydrogen-bond donors (Lipinski definition) is 2. The highest BCUT2D eigenvalue weighted by Crippen LogP contribution is 2.23. The van der Waals surface area contributed by atoms with Gasteiger partial charge in [0.15, 0.2) is 0 Å². The Labute approximate surface area is 139 Å². The van der Waals surface area contributed by atoms with Crippen molar-refractivity contribution in [2.24, 2.45) is 0 Å². The van der Waals surface area contributed by atoms with Crippen LogP contribution in [0, 0.1) is 3.57 Å². The molecule has 114 valence electrons. The molecule has 0 aromatic heterocycles. The highest BCUT2D eigenvalue weighted by atomic mass is 127. The zero-order valence-corrected chi connectivity index (χ0v) is 15.3. The fraction of sp³-hybridized carbons (Fsp3) is 0.538. The molecule has 0 amide bonds. The van der Waals surface area contributed by atoms with Gasteiger partial charge in [0.2, 0.25) is 10.0 Å². The van der Waals surface area contributed by atoms with E-state index in [2.05, 4.69) is 46.5 Å². The molecule has 0 bridgehead atoms. The second-order valence-corrected chi connectivity index (χ2v) is 8.30. The standard InChI is InChI=1S/C13H20ClIN2O2S/c1-10(2)16-7-3-4-8-20(18,19)17-13-6-5-11(14)9-12(13)15/h5-6,9-10,16-17H,3-4,7-8H2,1-2H3. The minimum absolute atomic E-state index is 0.130. The highest BCUT2D eigenvalue weighted by Gasteiger charge is 2.12. The maximum Gasteiger partial charge on any atom is 0.232 e. The second-order valence-electron chi connectivity index (χ2n) is 4.86. The van der Waals surface area contributed by atoms with Gasteiger partial charge in [-0.25, -0.2) is 8.42 Å². The summed E-state index contributed by atoms with van der Waals surface area (Å²) in [7, 11) is -3.30. The zero-order chi connectivity index (χ0) is 15.2. The van der Waals surface area contributed by atoms with Crippen molar-refractivity contribution < 1.29 is 8.42 Å². The molecule has 0 spiro atoms. The van der Waals surface area contributed by atoms with Crippen LogP contribution in [0.15, 0.2) is 18.2 Å². The molecule has 0 aliphatic heterocycles. The molecule has 0 aliphatic rings. The van der Waals surface area contributed by atoms with Crippen LogP contribution in [-0.2, 0) is 10.0 Å². The third-order valence-corrected chi connectivity index (χ3v) is 5.07. The molecule has 0 saturated heterocycles. The topological polar surface area (TPSA) is 58.2 Å². The van der Waals surface area contributed by atoms with Gasteiger partial charge in [-0.2, -0.15) is 0 Å². The van der Waals surface area contributed by atoms with Crippen molar-refractivity contribution in [3.63, 3.8) is 0 Å². The molecule has 2 N–H and O–H groups in total. The summed E-state index contributed by atoms with van der Waals surface area (Å²) in [6, 6.07) is 5.52. The lowest BCUT2D eigenvalue weighted by Crippen LogP contribution is -2.24. The summed E-state index contributed by atoms with van der Waals surface area (Å²) in [6.45, 7) is 4.98. The summed E-state index contributed by atoms with van der Waals surface area (Å²) in [5, 5.41) is 3.86. The predicted octanol–water partition coefficient (Wildman–Crippen LogP) is 3.46. The quantitative estimate of drug-likeness (QED) is 0.490. The molecule has 1 aromatic carbocycles. The van der Waals surface area contributed by atoms with Crippen molar-refractivity contribution in [1.29, 1.82) is 0 Å². The molecule has 1 aromatic rings. The summed E-state index contributed by atoms with van der Waals surface area (Å²) in [5.41, 5.74) is 0.579. The fourth-order valence-corrected chi connectivity index (χ4v) is 3.99. The van der Waals surface area contributed by atoms with Crippen LogP contribution in [0.3, 0.4) is 0 Å². The smallest absolute Gasteiger partial charge is 0.232 e. The van der Waals surface area contributed by atoms with E-state index in [4.69, 9.17) is 11.6 Å². The molecule has 0 unspecified atom stereocenters. The van der Waals surface area contributed by atoms with Crippen molar-refractivity contribution in [1.82, 2.24) is 5.32 Å². The van der Waals surface area contributed by atoms with E-state index in [9.17, 15) is 8.42 Å². The average molecular weight is 431 g/mol. The number of anilines is 1. The number of unbranched alkanes of at least 4 members (excludes halogenated alkanes) is 1. The van der Waals surface area contributed by atoms with Crippen molar-refractivity contribution in [2.45, 2.75) is 32.7 Å². The molecule has 0 aliphatic carbocycles. The summed E-state index contributed by atoms with van der Waals surface area (Å²) in [5.74, 6) is 0.130. The van der Waals surface area contributed by atoms with E-state index in [0.29, 0.717) is 23.2 Å². The van der Waals surface area contributed by atoms with Crippen LogP contribution in [0.2, 0.25) is 5.02 Å². The Hall–Kier alpha value is -0.0500. The van der Waals surface area contributed by atoms with Gasteiger partial charge in [-0.1, -0.05) is 25.4 Å². The number of rotatable bonds is 8. The Morgan fingerprint density at radius 3 is 2.60 bits per heavy atom. The first-order valence-corrected chi connectivity index (χ1v) is 9.60. The molecule has 1 rings (SSSR count). The first kappa shape index (κ1) is 18.0. The van der Waals surface area contributed by atoms with Gasteiger partial charge < -0.3 is 5.32 Å². The molecular weight excluding hydrogens is 411 g/mol. The van der Waals surface area contributed by atoms with Gasteiger partial charge >= 0.3 is 0 Å². The molecule has 0 heterocycles. The number of sulfonamides is 1. The molecular formula is C13H20ClIN2O2S. The lowest BCUT2D eigenvalue weighted by molar-refractivity contribution is 0.561. The van der Waals surface area contributed by atoms with Crippen LogP contribution in [0.1, 0.15) is 26.7 Å². The lowest BCUT2D eigenvalue weighted by Gasteiger charge is -2.11. The van der Waals surface area contributed by atoms with E-state index in [1.165, 1.54) is 0 Å². The van der Waals surface area contributed by atoms with E-state index in [0.717, 1.165) is 16.5 Å². The van der Waals surface area contributed by atoms with Gasteiger partial charge in [0, 0.05) is 14.6 Å². The maximum absolute atomic E-state index is 12.0. The van der Waals surface area contributed by atoms with Crippen LogP contribution in [-0.4, -0.2) is 26.8 Å². The predicted molar refractivity (Wildman–Crippen MR) is 94.0 cm³/mol. The molecule has 0 fully saturated rings. The molecule has 4 nitrogen and oxygen atoms in total. The summed E-state index contributed by atoms with van der Waals surface area (Å²) in [4.78, 5) is 0. The fourth-order valence-electron chi connectivity index (χ4n) is 1.60. The van der Waals surface area contributed by atoms with E-state index < -0.39 is 10.0 Å². The largest absolute Gasteiger partial charge is 0.315 e. The van der Waals surface area contributed by atoms with Crippen LogP contribution in [0.25, 0.3) is 0 Å². The highest BCUT2D eigenvalue weighted by molar-refractivity contribution is 14.1. The van der Waals surface area contributed by atoms with Gasteiger partial charge in [0.25, 0.3) is 0 Å². The van der Waals surface area contributed by atoms with Crippen LogP contribution >= 0.6 is 34.2 Å². The molecule has 7 heteroatoms. The summed E-state index contributed by atoms with van der Waals surface area (Å²) >= 11 is 7.91. The normalized spacial score (nSPS) is 11.8. The first-order chi connectivity index (χ1) is 9.30. The second kappa shape index (κ2) is 8.41. The van der Waals surface area contributed by atoms with E-state index in [1.807, 2.05) is 0 Å². The summed E-state index contributed by atoms with van der Waals surface area (Å²) < 4.78 is 27.3. The number of hydrogen-bond acceptors (Lipinski definition) is 3. The monoisotopic (exact) mass is 430 g/mol. The van der Waals surface area contributed by atoms with E-state index >= 15 is 0 Å². The Bertz CT molecular complexity index is 535. The molecule has 0 radical (unpaired) electrons. The minimum Gasteiger partial charge on any atom is -0.315 e. The average Bonchev–Trinajstić information content (AvgIpc) is 2.32. The SMILES string of the molecule is CC(C)NCCCCS(=O)(=O)Nc1ccc(Cl)cc1I. The van der Waals surface area contributed by atoms with Crippen LogP contribution < -0.4 is 10.0 Å². The third kappa shape index (κ3) is 7.10. The van der Waals surface area contributed by atoms with E-state index in [-0.39, 0.29) is 5.75 Å². The van der Waals surface area contributed by atoms with Gasteiger partial charge in [-0.3, -0.25) is 4.72 Å². The Balaban J connectivity index is 2.45. The first-order valence-electron chi connectivity index (χ1n) is 6.49. The minimum atomic E-state index is -3.30. The molecule has 20 heavy (non-hydrogen) atoms. The van der Waals surface area contributed by atoms with Crippen molar-refractivity contribution in [3.8, 4) is 0 Å². The number of nitrogens with one attached hydrogen (secondary N) is 2. The molecule has 0 atom stereocenters. The van der Waals surface area contributed by atoms with Gasteiger partial charge in [0.1, 0.15) is 0 Å². The molecule has 0 saturated carbocycles. The zero-order valence-electron chi connectivity index (χ0n) is 11.6. The van der Waals surface area contributed by atoms with Crippen LogP contribution in [0.5, 0.6) is 0 Å². The van der Waals surface area contributed by atoms with Crippen molar-refractivity contribution in [2.75, 3.05) is 17.0 Å². The Morgan fingerprint density at radius 2 is 2.00 bits per heavy atom. The van der Waals surface area contributed by atoms with Gasteiger partial charge in [-0.05, 0) is 60.2 Å². The maximum atomic E-state index is 12.0. The van der Waals surface area contributed by atoms with Gasteiger partial charge in [-0.15, -0.1) is 0 Å². The van der Waals surface area contributed by atoms with Crippen molar-refractivity contribution >= 4 is 49.9 Å². The van der Waals surface area contributed by atoms with Crippen molar-refractivity contribution in [3.05, 3.63) is 26.8 Å². The van der Waals surface area contributed by atoms with Crippen LogP contribution in [0.4, 0.5) is 5.69 Å². The number of halogens is 2.